The van der Waals surface area contributed by atoms with E-state index < -0.39 is 0 Å². The average molecular weight is 334 g/mol. The lowest BCUT2D eigenvalue weighted by Gasteiger charge is -2.15. The molecule has 4 heteroatoms. The number of benzene rings is 2. The second-order valence-corrected chi connectivity index (χ2v) is 6.76. The van der Waals surface area contributed by atoms with Gasteiger partial charge in [0, 0.05) is 28.5 Å². The molecule has 1 amide bonds. The summed E-state index contributed by atoms with van der Waals surface area (Å²) < 4.78 is 0. The highest BCUT2D eigenvalue weighted by Gasteiger charge is 2.16. The zero-order chi connectivity index (χ0) is 16.8. The zero-order valence-corrected chi connectivity index (χ0v) is 14.2. The van der Waals surface area contributed by atoms with Gasteiger partial charge in [-0.25, -0.2) is 0 Å². The molecule has 1 aromatic heterocycles. The largest absolute Gasteiger partial charge is 0.325 e. The van der Waals surface area contributed by atoms with Crippen molar-refractivity contribution in [2.24, 2.45) is 0 Å². The van der Waals surface area contributed by atoms with Gasteiger partial charge in [0.2, 0.25) is 5.91 Å². The van der Waals surface area contributed by atoms with E-state index in [0.29, 0.717) is 0 Å². The number of nitrogens with one attached hydrogen (secondary N) is 1. The highest BCUT2D eigenvalue weighted by molar-refractivity contribution is 8.00. The molecule has 0 saturated heterocycles. The van der Waals surface area contributed by atoms with Crippen molar-refractivity contribution in [1.29, 1.82) is 0 Å². The summed E-state index contributed by atoms with van der Waals surface area (Å²) in [6.45, 7) is 1.91. The number of hydrogen-bond acceptors (Lipinski definition) is 3. The van der Waals surface area contributed by atoms with Crippen molar-refractivity contribution >= 4 is 23.4 Å². The summed E-state index contributed by atoms with van der Waals surface area (Å²) in [6.07, 6.45) is 3.47. The van der Waals surface area contributed by atoms with Gasteiger partial charge >= 0.3 is 0 Å². The molecule has 120 valence electrons. The quantitative estimate of drug-likeness (QED) is 0.677. The predicted octanol–water partition coefficient (Wildman–Crippen LogP) is 4.87. The summed E-state index contributed by atoms with van der Waals surface area (Å²) in [5, 5.41) is 2.86. The topological polar surface area (TPSA) is 42.0 Å². The van der Waals surface area contributed by atoms with Crippen molar-refractivity contribution in [3.05, 3.63) is 79.1 Å². The molecule has 1 N–H and O–H groups in total. The Labute approximate surface area is 146 Å². The van der Waals surface area contributed by atoms with E-state index in [0.717, 1.165) is 21.7 Å². The Morgan fingerprint density at radius 1 is 0.958 bits per heavy atom. The molecule has 3 aromatic rings. The lowest BCUT2D eigenvalue weighted by molar-refractivity contribution is -0.115. The van der Waals surface area contributed by atoms with Gasteiger partial charge in [-0.2, -0.15) is 0 Å². The van der Waals surface area contributed by atoms with Crippen molar-refractivity contribution in [1.82, 2.24) is 4.98 Å². The molecule has 1 heterocycles. The van der Waals surface area contributed by atoms with E-state index in [1.165, 1.54) is 11.8 Å². The fraction of sp³-hybridized carbons (Fsp3) is 0.100. The monoisotopic (exact) mass is 334 g/mol. The van der Waals surface area contributed by atoms with Gasteiger partial charge in [0.25, 0.3) is 0 Å². The van der Waals surface area contributed by atoms with Crippen LogP contribution in [0, 0.1) is 0 Å². The molecule has 2 aromatic carbocycles. The number of nitrogens with zero attached hydrogens (tertiary/aromatic N) is 1. The van der Waals surface area contributed by atoms with Crippen LogP contribution in [0.3, 0.4) is 0 Å². The van der Waals surface area contributed by atoms with E-state index in [2.05, 4.69) is 10.3 Å². The van der Waals surface area contributed by atoms with Gasteiger partial charge in [-0.15, -0.1) is 11.8 Å². The minimum absolute atomic E-state index is 0.0137. The maximum absolute atomic E-state index is 12.6. The summed E-state index contributed by atoms with van der Waals surface area (Å²) in [4.78, 5) is 17.6. The maximum atomic E-state index is 12.6. The van der Waals surface area contributed by atoms with Crippen molar-refractivity contribution in [3.8, 4) is 11.1 Å². The minimum atomic E-state index is -0.198. The Hall–Kier alpha value is -2.59. The Morgan fingerprint density at radius 3 is 2.38 bits per heavy atom. The van der Waals surface area contributed by atoms with E-state index in [1.54, 1.807) is 12.4 Å². The SMILES string of the molecule is CC(Sc1ccncc1)C(=O)Nc1ccccc1-c1ccccc1. The van der Waals surface area contributed by atoms with E-state index >= 15 is 0 Å². The first-order chi connectivity index (χ1) is 11.7. The summed E-state index contributed by atoms with van der Waals surface area (Å²) in [5.41, 5.74) is 2.94. The smallest absolute Gasteiger partial charge is 0.237 e. The second-order valence-electron chi connectivity index (χ2n) is 5.34. The normalized spacial score (nSPS) is 11.7. The predicted molar refractivity (Wildman–Crippen MR) is 100 cm³/mol. The van der Waals surface area contributed by atoms with Gasteiger partial charge in [0.1, 0.15) is 0 Å². The Balaban J connectivity index is 1.75. The molecular formula is C20H18N2OS. The number of para-hydroxylation sites is 1. The van der Waals surface area contributed by atoms with Crippen molar-refractivity contribution in [2.45, 2.75) is 17.1 Å². The van der Waals surface area contributed by atoms with Gasteiger partial charge in [0.15, 0.2) is 0 Å². The van der Waals surface area contributed by atoms with Crippen LogP contribution in [-0.2, 0) is 4.79 Å². The molecule has 0 radical (unpaired) electrons. The van der Waals surface area contributed by atoms with Crippen LogP contribution in [0.15, 0.2) is 84.0 Å². The van der Waals surface area contributed by atoms with Crippen LogP contribution in [0.5, 0.6) is 0 Å². The maximum Gasteiger partial charge on any atom is 0.237 e. The third kappa shape index (κ3) is 4.03. The summed E-state index contributed by atoms with van der Waals surface area (Å²) in [5.74, 6) is -0.0137. The van der Waals surface area contributed by atoms with E-state index in [-0.39, 0.29) is 11.2 Å². The van der Waals surface area contributed by atoms with E-state index in [4.69, 9.17) is 0 Å². The van der Waals surface area contributed by atoms with Gasteiger partial charge in [-0.3, -0.25) is 9.78 Å². The Morgan fingerprint density at radius 2 is 1.62 bits per heavy atom. The molecule has 0 aliphatic carbocycles. The molecule has 0 aliphatic rings. The highest BCUT2D eigenvalue weighted by Crippen LogP contribution is 2.29. The van der Waals surface area contributed by atoms with E-state index in [1.807, 2.05) is 73.7 Å². The number of carbonyl (C=O) groups excluding carboxylic acids is 1. The van der Waals surface area contributed by atoms with Gasteiger partial charge in [0.05, 0.1) is 5.25 Å². The molecule has 0 spiro atoms. The molecular weight excluding hydrogens is 316 g/mol. The molecule has 1 unspecified atom stereocenters. The second kappa shape index (κ2) is 7.79. The Bertz CT molecular complexity index is 806. The third-order valence-corrected chi connectivity index (χ3v) is 4.71. The molecule has 0 aliphatic heterocycles. The first-order valence-corrected chi connectivity index (χ1v) is 8.64. The van der Waals surface area contributed by atoms with Crippen molar-refractivity contribution < 1.29 is 4.79 Å². The first kappa shape index (κ1) is 16.3. The number of aromatic nitrogens is 1. The van der Waals surface area contributed by atoms with Gasteiger partial charge in [-0.1, -0.05) is 48.5 Å². The summed E-state index contributed by atoms with van der Waals surface area (Å²) in [7, 11) is 0. The lowest BCUT2D eigenvalue weighted by Crippen LogP contribution is -2.22. The zero-order valence-electron chi connectivity index (χ0n) is 13.3. The molecule has 0 saturated carbocycles. The van der Waals surface area contributed by atoms with Crippen LogP contribution in [0.25, 0.3) is 11.1 Å². The number of pyridine rings is 1. The van der Waals surface area contributed by atoms with Crippen LogP contribution in [0.1, 0.15) is 6.92 Å². The molecule has 3 rings (SSSR count). The third-order valence-electron chi connectivity index (χ3n) is 3.60. The highest BCUT2D eigenvalue weighted by atomic mass is 32.2. The average Bonchev–Trinajstić information content (AvgIpc) is 2.63. The van der Waals surface area contributed by atoms with Crippen molar-refractivity contribution in [3.63, 3.8) is 0 Å². The van der Waals surface area contributed by atoms with Crippen LogP contribution in [0.2, 0.25) is 0 Å². The molecule has 0 fully saturated rings. The summed E-state index contributed by atoms with van der Waals surface area (Å²) in [6, 6.07) is 21.7. The number of rotatable bonds is 5. The fourth-order valence-corrected chi connectivity index (χ4v) is 3.22. The summed E-state index contributed by atoms with van der Waals surface area (Å²) >= 11 is 1.52. The standard InChI is InChI=1S/C20H18N2OS/c1-15(24-17-11-13-21-14-12-17)20(23)22-19-10-6-5-9-18(19)16-7-3-2-4-8-16/h2-15H,1H3,(H,22,23). The lowest BCUT2D eigenvalue weighted by atomic mass is 10.0. The van der Waals surface area contributed by atoms with Crippen molar-refractivity contribution in [2.75, 3.05) is 5.32 Å². The van der Waals surface area contributed by atoms with E-state index in [9.17, 15) is 4.79 Å². The fourth-order valence-electron chi connectivity index (χ4n) is 2.37. The Kier molecular flexibility index (Phi) is 5.29. The minimum Gasteiger partial charge on any atom is -0.325 e. The molecule has 1 atom stereocenters. The number of thioether (sulfide) groups is 1. The van der Waals surface area contributed by atoms with Crippen LogP contribution in [-0.4, -0.2) is 16.1 Å². The van der Waals surface area contributed by atoms with Gasteiger partial charge < -0.3 is 5.32 Å². The number of anilines is 1. The molecule has 24 heavy (non-hydrogen) atoms. The van der Waals surface area contributed by atoms with Crippen LogP contribution < -0.4 is 5.32 Å². The number of amides is 1. The van der Waals surface area contributed by atoms with Gasteiger partial charge in [-0.05, 0) is 30.7 Å². The van der Waals surface area contributed by atoms with Crippen LogP contribution in [0.4, 0.5) is 5.69 Å². The molecule has 0 bridgehead atoms. The number of hydrogen-bond donors (Lipinski definition) is 1. The first-order valence-electron chi connectivity index (χ1n) is 7.76. The van der Waals surface area contributed by atoms with Crippen LogP contribution >= 0.6 is 11.8 Å². The number of carbonyl (C=O) groups is 1. The molecule has 3 nitrogen and oxygen atoms in total.